The van der Waals surface area contributed by atoms with Crippen LogP contribution in [0.3, 0.4) is 0 Å². The van der Waals surface area contributed by atoms with Crippen molar-refractivity contribution < 1.29 is 0 Å². The maximum absolute atomic E-state index is 4.72. The molecule has 132 valence electrons. The largest absolute Gasteiger partial charge is 0.218 e. The third-order valence-corrected chi connectivity index (χ3v) is 4.50. The van der Waals surface area contributed by atoms with Crippen LogP contribution < -0.4 is 0 Å². The van der Waals surface area contributed by atoms with E-state index in [9.17, 15) is 0 Å². The average molecular weight is 351 g/mol. The van der Waals surface area contributed by atoms with Gasteiger partial charge in [-0.05, 0) is 30.0 Å². The summed E-state index contributed by atoms with van der Waals surface area (Å²) in [5, 5.41) is 0. The van der Waals surface area contributed by atoms with E-state index in [1.165, 1.54) is 16.7 Å². The van der Waals surface area contributed by atoms with Crippen molar-refractivity contribution >= 4 is 11.1 Å². The van der Waals surface area contributed by atoms with E-state index in [0.29, 0.717) is 6.42 Å². The highest BCUT2D eigenvalue weighted by atomic mass is 15.0. The van der Waals surface area contributed by atoms with Crippen molar-refractivity contribution in [1.29, 1.82) is 0 Å². The Bertz CT molecular complexity index is 1020. The number of rotatable bonds is 4. The second-order valence-corrected chi connectivity index (χ2v) is 6.57. The topological polar surface area (TPSA) is 38.7 Å². The van der Waals surface area contributed by atoms with Crippen LogP contribution in [0.25, 0.3) is 11.1 Å². The SMILES string of the molecule is Cc1nc(Cc2ccccc2)nc(C2=CC=C(c3ccccc3)CC=C2)n1. The van der Waals surface area contributed by atoms with Crippen LogP contribution in [0.5, 0.6) is 0 Å². The van der Waals surface area contributed by atoms with Gasteiger partial charge in [-0.1, -0.05) is 85.0 Å². The van der Waals surface area contributed by atoms with E-state index in [0.717, 1.165) is 29.5 Å². The van der Waals surface area contributed by atoms with Crippen LogP contribution in [-0.2, 0) is 6.42 Å². The summed E-state index contributed by atoms with van der Waals surface area (Å²) < 4.78 is 0. The molecule has 0 atom stereocenters. The van der Waals surface area contributed by atoms with Crippen LogP contribution in [0.2, 0.25) is 0 Å². The summed E-state index contributed by atoms with van der Waals surface area (Å²) >= 11 is 0. The molecule has 27 heavy (non-hydrogen) atoms. The van der Waals surface area contributed by atoms with E-state index in [1.54, 1.807) is 0 Å². The Balaban J connectivity index is 1.64. The molecule has 1 aromatic heterocycles. The van der Waals surface area contributed by atoms with Crippen LogP contribution in [0.1, 0.15) is 35.0 Å². The zero-order valence-electron chi connectivity index (χ0n) is 15.3. The second kappa shape index (κ2) is 7.92. The minimum atomic E-state index is 0.708. The van der Waals surface area contributed by atoms with Gasteiger partial charge in [0.1, 0.15) is 11.6 Å². The molecule has 0 amide bonds. The quantitative estimate of drug-likeness (QED) is 0.649. The Morgan fingerprint density at radius 1 is 0.815 bits per heavy atom. The molecule has 1 aliphatic rings. The summed E-state index contributed by atoms with van der Waals surface area (Å²) in [4.78, 5) is 13.8. The van der Waals surface area contributed by atoms with E-state index < -0.39 is 0 Å². The fourth-order valence-electron chi connectivity index (χ4n) is 3.17. The van der Waals surface area contributed by atoms with Gasteiger partial charge in [0.2, 0.25) is 0 Å². The number of aryl methyl sites for hydroxylation is 1. The van der Waals surface area contributed by atoms with Crippen LogP contribution in [0.15, 0.2) is 85.0 Å². The molecule has 4 rings (SSSR count). The molecule has 0 bridgehead atoms. The summed E-state index contributed by atoms with van der Waals surface area (Å²) in [6.07, 6.45) is 10.2. The molecule has 0 unspecified atom stereocenters. The molecule has 0 N–H and O–H groups in total. The highest BCUT2D eigenvalue weighted by Gasteiger charge is 2.10. The molecule has 3 heteroatoms. The highest BCUT2D eigenvalue weighted by molar-refractivity contribution is 5.78. The first-order chi connectivity index (χ1) is 13.3. The molecule has 1 heterocycles. The van der Waals surface area contributed by atoms with E-state index in [1.807, 2.05) is 31.2 Å². The van der Waals surface area contributed by atoms with Gasteiger partial charge in [0, 0.05) is 12.0 Å². The first-order valence-electron chi connectivity index (χ1n) is 9.16. The van der Waals surface area contributed by atoms with Crippen LogP contribution in [0.4, 0.5) is 0 Å². The summed E-state index contributed by atoms with van der Waals surface area (Å²) in [5.41, 5.74) is 4.75. The molecule has 3 aromatic rings. The van der Waals surface area contributed by atoms with Gasteiger partial charge >= 0.3 is 0 Å². The monoisotopic (exact) mass is 351 g/mol. The maximum atomic E-state index is 4.72. The molecular weight excluding hydrogens is 330 g/mol. The predicted octanol–water partition coefficient (Wildman–Crippen LogP) is 5.20. The Hall–Kier alpha value is -3.33. The van der Waals surface area contributed by atoms with E-state index in [4.69, 9.17) is 4.98 Å². The highest BCUT2D eigenvalue weighted by Crippen LogP contribution is 2.24. The molecular formula is C24H21N3. The normalized spacial score (nSPS) is 13.7. The molecule has 0 saturated carbocycles. The molecule has 2 aromatic carbocycles. The van der Waals surface area contributed by atoms with Crippen molar-refractivity contribution in [3.8, 4) is 0 Å². The van der Waals surface area contributed by atoms with Crippen molar-refractivity contribution in [2.45, 2.75) is 19.8 Å². The molecule has 0 radical (unpaired) electrons. The first-order valence-corrected chi connectivity index (χ1v) is 9.16. The van der Waals surface area contributed by atoms with Gasteiger partial charge in [-0.15, -0.1) is 0 Å². The number of hydrogen-bond donors (Lipinski definition) is 0. The van der Waals surface area contributed by atoms with Gasteiger partial charge in [0.25, 0.3) is 0 Å². The van der Waals surface area contributed by atoms with Gasteiger partial charge in [0.15, 0.2) is 5.82 Å². The number of aromatic nitrogens is 3. The number of hydrogen-bond acceptors (Lipinski definition) is 3. The number of allylic oxidation sites excluding steroid dienone is 6. The Labute approximate surface area is 159 Å². The van der Waals surface area contributed by atoms with Gasteiger partial charge in [0.05, 0.1) is 0 Å². The van der Waals surface area contributed by atoms with E-state index in [-0.39, 0.29) is 0 Å². The zero-order valence-corrected chi connectivity index (χ0v) is 15.3. The van der Waals surface area contributed by atoms with Crippen molar-refractivity contribution in [1.82, 2.24) is 15.0 Å². The third kappa shape index (κ3) is 4.26. The number of benzene rings is 2. The van der Waals surface area contributed by atoms with Crippen molar-refractivity contribution in [3.63, 3.8) is 0 Å². The minimum absolute atomic E-state index is 0.708. The predicted molar refractivity (Wildman–Crippen MR) is 110 cm³/mol. The molecule has 0 saturated heterocycles. The van der Waals surface area contributed by atoms with Crippen molar-refractivity contribution in [2.75, 3.05) is 0 Å². The summed E-state index contributed by atoms with van der Waals surface area (Å²) in [7, 11) is 0. The van der Waals surface area contributed by atoms with Crippen molar-refractivity contribution in [2.24, 2.45) is 0 Å². The van der Waals surface area contributed by atoms with E-state index in [2.05, 4.69) is 70.7 Å². The van der Waals surface area contributed by atoms with Gasteiger partial charge in [-0.2, -0.15) is 0 Å². The maximum Gasteiger partial charge on any atom is 0.163 e. The summed E-state index contributed by atoms with van der Waals surface area (Å²) in [6.45, 7) is 1.92. The number of nitrogens with zero attached hydrogens (tertiary/aromatic N) is 3. The van der Waals surface area contributed by atoms with Crippen molar-refractivity contribution in [3.05, 3.63) is 114 Å². The molecule has 0 fully saturated rings. The smallest absolute Gasteiger partial charge is 0.163 e. The van der Waals surface area contributed by atoms with Crippen LogP contribution in [-0.4, -0.2) is 15.0 Å². The Morgan fingerprint density at radius 3 is 2.33 bits per heavy atom. The van der Waals surface area contributed by atoms with Gasteiger partial charge in [-0.25, -0.2) is 15.0 Å². The first kappa shape index (κ1) is 17.1. The lowest BCUT2D eigenvalue weighted by Crippen LogP contribution is -2.05. The standard InChI is InChI=1S/C24H21N3/c1-18-25-23(17-19-9-4-2-5-10-19)27-24(26-18)22-14-8-13-21(15-16-22)20-11-6-3-7-12-20/h2-12,14-16H,13,17H2,1H3. The second-order valence-electron chi connectivity index (χ2n) is 6.57. The fourth-order valence-corrected chi connectivity index (χ4v) is 3.17. The minimum Gasteiger partial charge on any atom is -0.218 e. The lowest BCUT2D eigenvalue weighted by atomic mass is 10.0. The van der Waals surface area contributed by atoms with E-state index >= 15 is 0 Å². The molecule has 3 nitrogen and oxygen atoms in total. The molecule has 0 aliphatic heterocycles. The van der Waals surface area contributed by atoms with Gasteiger partial charge in [-0.3, -0.25) is 0 Å². The van der Waals surface area contributed by atoms with Gasteiger partial charge < -0.3 is 0 Å². The zero-order chi connectivity index (χ0) is 18.5. The average Bonchev–Trinajstić information content (AvgIpc) is 2.95. The summed E-state index contributed by atoms with van der Waals surface area (Å²) in [5.74, 6) is 2.28. The lowest BCUT2D eigenvalue weighted by molar-refractivity contribution is 0.865. The Kier molecular flexibility index (Phi) is 5.01. The van der Waals surface area contributed by atoms with Crippen LogP contribution in [0, 0.1) is 6.92 Å². The fraction of sp³-hybridized carbons (Fsp3) is 0.125. The molecule has 1 aliphatic carbocycles. The third-order valence-electron chi connectivity index (χ3n) is 4.50. The molecule has 0 spiro atoms. The Morgan fingerprint density at radius 2 is 1.56 bits per heavy atom. The summed E-state index contributed by atoms with van der Waals surface area (Å²) in [6, 6.07) is 20.8. The lowest BCUT2D eigenvalue weighted by Gasteiger charge is -2.06. The van der Waals surface area contributed by atoms with Crippen LogP contribution >= 0.6 is 0 Å².